The highest BCUT2D eigenvalue weighted by Gasteiger charge is 2.41. The summed E-state index contributed by atoms with van der Waals surface area (Å²) in [6.45, 7) is -0.822. The maximum Gasteiger partial charge on any atom is 0.349 e. The summed E-state index contributed by atoms with van der Waals surface area (Å²) in [7, 11) is 0. The molecule has 166 valence electrons. The summed E-state index contributed by atoms with van der Waals surface area (Å²) in [4.78, 5) is 50.3. The molecule has 0 spiro atoms. The summed E-state index contributed by atoms with van der Waals surface area (Å²) in [6, 6.07) is 6.08. The quantitative estimate of drug-likeness (QED) is 0.663. The fraction of sp³-hybridized carbons (Fsp3) is 0.273. The summed E-state index contributed by atoms with van der Waals surface area (Å²) < 4.78 is 60.9. The molecule has 1 unspecified atom stereocenters. The topological polar surface area (TPSA) is 95.6 Å². The van der Waals surface area contributed by atoms with Gasteiger partial charge >= 0.3 is 5.92 Å². The van der Waals surface area contributed by atoms with Crippen molar-refractivity contribution in [2.45, 2.75) is 37.8 Å². The van der Waals surface area contributed by atoms with Gasteiger partial charge in [0.25, 0.3) is 11.8 Å². The number of hydrogen-bond donors (Lipinski definition) is 2. The lowest BCUT2D eigenvalue weighted by molar-refractivity contribution is -0.147. The maximum absolute atomic E-state index is 14.6. The Kier molecular flexibility index (Phi) is 4.48. The van der Waals surface area contributed by atoms with Crippen molar-refractivity contribution in [3.63, 3.8) is 0 Å². The highest BCUT2D eigenvalue weighted by molar-refractivity contribution is 6.30. The van der Waals surface area contributed by atoms with Gasteiger partial charge < -0.3 is 10.2 Å². The second kappa shape index (κ2) is 8.31. The van der Waals surface area contributed by atoms with Crippen LogP contribution in [-0.2, 0) is 33.4 Å². The Bertz CT molecular complexity index is 1280. The van der Waals surface area contributed by atoms with Gasteiger partial charge in [-0.15, -0.1) is 0 Å². The molecule has 0 radical (unpaired) electrons. The Morgan fingerprint density at radius 3 is 2.75 bits per heavy atom. The summed E-state index contributed by atoms with van der Waals surface area (Å²) in [5.74, 6) is -8.85. The van der Waals surface area contributed by atoms with Crippen molar-refractivity contribution >= 4 is 35.2 Å². The van der Waals surface area contributed by atoms with Crippen molar-refractivity contribution in [3.05, 3.63) is 69.7 Å². The molecule has 2 aliphatic rings. The average molecular weight is 466 g/mol. The molecule has 1 fully saturated rings. The van der Waals surface area contributed by atoms with Crippen molar-refractivity contribution in [2.75, 3.05) is 0 Å². The predicted octanol–water partition coefficient (Wildman–Crippen LogP) is 2.51. The minimum absolute atomic E-state index is 0.0830. The van der Waals surface area contributed by atoms with Gasteiger partial charge in [0.1, 0.15) is 6.02 Å². The summed E-state index contributed by atoms with van der Waals surface area (Å²) in [5.41, 5.74) is 0.0138. The molecule has 0 aliphatic carbocycles. The van der Waals surface area contributed by atoms with E-state index in [1.807, 2.05) is 0 Å². The van der Waals surface area contributed by atoms with Crippen molar-refractivity contribution in [1.29, 1.82) is 0 Å². The summed E-state index contributed by atoms with van der Waals surface area (Å²) in [6.07, 6.45) is -2.18. The molecule has 0 aromatic heterocycles. The molecule has 4 amide bonds. The number of hydrogen-bond acceptors (Lipinski definition) is 4. The Labute approximate surface area is 192 Å². The molecule has 2 atom stereocenters. The second-order valence-corrected chi connectivity index (χ2v) is 7.63. The first-order valence-electron chi connectivity index (χ1n) is 11.4. The maximum atomic E-state index is 14.6. The van der Waals surface area contributed by atoms with E-state index in [1.165, 1.54) is 30.3 Å². The van der Waals surface area contributed by atoms with E-state index in [0.29, 0.717) is 5.56 Å². The van der Waals surface area contributed by atoms with E-state index in [0.717, 1.165) is 17.0 Å². The first-order valence-corrected chi connectivity index (χ1v) is 9.83. The van der Waals surface area contributed by atoms with Crippen molar-refractivity contribution < 1.29 is 33.5 Å². The van der Waals surface area contributed by atoms with E-state index in [9.17, 15) is 28.0 Å². The first kappa shape index (κ1) is 17.3. The molecule has 7 nitrogen and oxygen atoms in total. The molecular formula is C22H18ClF2N3O4. The van der Waals surface area contributed by atoms with Crippen LogP contribution in [0.2, 0.25) is 7.85 Å². The number of benzene rings is 2. The molecule has 10 heteroatoms. The van der Waals surface area contributed by atoms with Gasteiger partial charge in [0.2, 0.25) is 11.8 Å². The number of halogens is 3. The van der Waals surface area contributed by atoms with Crippen LogP contribution in [0.25, 0.3) is 0 Å². The molecule has 1 saturated heterocycles. The molecule has 2 aliphatic heterocycles. The van der Waals surface area contributed by atoms with Gasteiger partial charge in [-0.2, -0.15) is 8.78 Å². The normalized spacial score (nSPS) is 25.1. The van der Waals surface area contributed by atoms with E-state index >= 15 is 0 Å². The van der Waals surface area contributed by atoms with Crippen LogP contribution in [0.3, 0.4) is 0 Å². The smallest absolute Gasteiger partial charge is 0.346 e. The zero-order chi connectivity index (χ0) is 26.6. The van der Waals surface area contributed by atoms with Crippen LogP contribution in [0.5, 0.6) is 0 Å². The third kappa shape index (κ3) is 4.08. The minimum atomic E-state index is -3.98. The van der Waals surface area contributed by atoms with Crippen LogP contribution in [0, 0.1) is 0 Å². The lowest BCUT2D eigenvalue weighted by Gasteiger charge is -2.29. The zero-order valence-electron chi connectivity index (χ0n) is 20.3. The number of amides is 4. The third-order valence-corrected chi connectivity index (χ3v) is 5.36. The summed E-state index contributed by atoms with van der Waals surface area (Å²) >= 11 is 5.69. The van der Waals surface area contributed by atoms with Crippen LogP contribution in [0.15, 0.2) is 42.5 Å². The Balaban J connectivity index is 1.53. The number of alkyl halides is 2. The van der Waals surface area contributed by atoms with Crippen LogP contribution < -0.4 is 10.6 Å². The molecule has 32 heavy (non-hydrogen) atoms. The van der Waals surface area contributed by atoms with Gasteiger partial charge in [-0.1, -0.05) is 35.9 Å². The highest BCUT2D eigenvalue weighted by Crippen LogP contribution is 2.30. The first-order chi connectivity index (χ1) is 16.8. The van der Waals surface area contributed by atoms with E-state index < -0.39 is 60.5 Å². The molecule has 2 heterocycles. The van der Waals surface area contributed by atoms with Gasteiger partial charge in [-0.25, -0.2) is 0 Å². The number of nitrogens with zero attached hydrogens (tertiary/aromatic N) is 1. The molecule has 2 N–H and O–H groups in total. The number of rotatable bonds is 5. The van der Waals surface area contributed by atoms with Gasteiger partial charge in [-0.3, -0.25) is 24.5 Å². The molecular weight excluding hydrogens is 444 g/mol. The molecule has 0 saturated carbocycles. The van der Waals surface area contributed by atoms with Crippen LogP contribution in [-0.4, -0.2) is 34.5 Å². The Morgan fingerprint density at radius 2 is 2.03 bits per heavy atom. The van der Waals surface area contributed by atoms with E-state index in [4.69, 9.17) is 17.2 Å². The lowest BCUT2D eigenvalue weighted by Crippen LogP contribution is -2.52. The van der Waals surface area contributed by atoms with Gasteiger partial charge in [0, 0.05) is 37.0 Å². The Hall–Kier alpha value is -3.33. The van der Waals surface area contributed by atoms with Crippen molar-refractivity contribution in [1.82, 2.24) is 15.5 Å². The standard InChI is InChI=1S/C22H18ClF2N3O4/c23-15-4-2-14(3-5-15)22(24,25)21(32)26-10-12-1-6-16-13(9-12)11-28(20(16)31)17-7-8-18(29)27-19(17)30/h1-6,9,17H,7-8,10-11H2,(H,26,32)(H,27,29,30)/t17-/m0/s1/i8D,17D/hD2/t8?,17-. The Morgan fingerprint density at radius 1 is 1.31 bits per heavy atom. The number of carbonyl (C=O) groups is 4. The van der Waals surface area contributed by atoms with E-state index in [2.05, 4.69) is 0 Å². The molecule has 2 aromatic rings. The SMILES string of the molecule is [2H]C1C[C@]([2H])(N2Cc3cc(CN([2H])C(=O)C(F)(F)c4ccc(Cl)cc4)ccc3C2=O)C(=O)N([2H])C1=O. The summed E-state index contributed by atoms with van der Waals surface area (Å²) in [5, 5.41) is 0.215. The van der Waals surface area contributed by atoms with E-state index in [-0.39, 0.29) is 33.3 Å². The predicted molar refractivity (Wildman–Crippen MR) is 110 cm³/mol. The lowest BCUT2D eigenvalue weighted by atomic mass is 10.0. The monoisotopic (exact) mass is 465 g/mol. The average Bonchev–Trinajstić information content (AvgIpc) is 3.17. The van der Waals surface area contributed by atoms with Crippen LogP contribution in [0.1, 0.15) is 42.6 Å². The second-order valence-electron chi connectivity index (χ2n) is 7.20. The van der Waals surface area contributed by atoms with Crippen molar-refractivity contribution in [2.24, 2.45) is 0 Å². The molecule has 2 aromatic carbocycles. The molecule has 4 rings (SSSR count). The van der Waals surface area contributed by atoms with Crippen LogP contribution >= 0.6 is 11.6 Å². The third-order valence-electron chi connectivity index (χ3n) is 5.11. The number of fused-ring (bicyclic) bond motifs is 1. The molecule has 0 bridgehead atoms. The number of nitrogens with one attached hydrogen (secondary N) is 2. The number of imide groups is 1. The van der Waals surface area contributed by atoms with Crippen LogP contribution in [0.4, 0.5) is 8.78 Å². The van der Waals surface area contributed by atoms with E-state index in [1.54, 1.807) is 0 Å². The fourth-order valence-corrected chi connectivity index (χ4v) is 3.57. The highest BCUT2D eigenvalue weighted by atomic mass is 35.5. The largest absolute Gasteiger partial charge is 0.349 e. The fourth-order valence-electron chi connectivity index (χ4n) is 3.44. The minimum Gasteiger partial charge on any atom is -0.346 e. The number of piperidine rings is 1. The van der Waals surface area contributed by atoms with Gasteiger partial charge in [-0.05, 0) is 35.7 Å². The zero-order valence-corrected chi connectivity index (χ0v) is 17.1. The van der Waals surface area contributed by atoms with Crippen molar-refractivity contribution in [3.8, 4) is 0 Å². The number of carbonyl (C=O) groups excluding carboxylic acids is 4. The van der Waals surface area contributed by atoms with Gasteiger partial charge in [0.15, 0.2) is 2.82 Å². The van der Waals surface area contributed by atoms with Gasteiger partial charge in [0.05, 0.1) is 1.37 Å².